The Morgan fingerprint density at radius 1 is 1.22 bits per heavy atom. The van der Waals surface area contributed by atoms with E-state index in [-0.39, 0.29) is 19.3 Å². The van der Waals surface area contributed by atoms with Crippen LogP contribution in [0.1, 0.15) is 66.2 Å². The first-order valence-corrected chi connectivity index (χ1v) is 8.67. The first-order valence-electron chi connectivity index (χ1n) is 8.67. The van der Waals surface area contributed by atoms with Gasteiger partial charge in [-0.25, -0.2) is 9.59 Å². The summed E-state index contributed by atoms with van der Waals surface area (Å²) in [7, 11) is 0. The van der Waals surface area contributed by atoms with Crippen molar-refractivity contribution in [2.45, 2.75) is 72.3 Å². The predicted octanol–water partition coefficient (Wildman–Crippen LogP) is 4.22. The largest absolute Gasteiger partial charge is 0.460 e. The van der Waals surface area contributed by atoms with Crippen LogP contribution in [-0.2, 0) is 14.3 Å². The second-order valence-electron chi connectivity index (χ2n) is 6.06. The van der Waals surface area contributed by atoms with E-state index in [2.05, 4.69) is 25.7 Å². The van der Waals surface area contributed by atoms with Crippen LogP contribution in [0.25, 0.3) is 0 Å². The SMILES string of the molecule is C=C(C)C(=O)OCCNC(=O)OC(C)CC(CC)CCCCC. The molecule has 0 saturated heterocycles. The summed E-state index contributed by atoms with van der Waals surface area (Å²) in [5.41, 5.74) is 0.342. The number of unbranched alkanes of at least 4 members (excludes halogenated alkanes) is 2. The highest BCUT2D eigenvalue weighted by Gasteiger charge is 2.15. The number of hydrogen-bond donors (Lipinski definition) is 1. The van der Waals surface area contributed by atoms with Crippen molar-refractivity contribution < 1.29 is 19.1 Å². The summed E-state index contributed by atoms with van der Waals surface area (Å²) in [6.45, 7) is 11.7. The summed E-state index contributed by atoms with van der Waals surface area (Å²) in [5.74, 6) is 0.146. The lowest BCUT2D eigenvalue weighted by atomic mass is 9.93. The van der Waals surface area contributed by atoms with Gasteiger partial charge in [0, 0.05) is 5.57 Å². The molecule has 0 bridgehead atoms. The maximum Gasteiger partial charge on any atom is 0.407 e. The van der Waals surface area contributed by atoms with Crippen LogP contribution in [0.3, 0.4) is 0 Å². The molecule has 0 spiro atoms. The van der Waals surface area contributed by atoms with E-state index in [0.29, 0.717) is 11.5 Å². The summed E-state index contributed by atoms with van der Waals surface area (Å²) >= 11 is 0. The van der Waals surface area contributed by atoms with Crippen molar-refractivity contribution in [1.82, 2.24) is 5.32 Å². The zero-order valence-electron chi connectivity index (χ0n) is 15.2. The molecule has 0 aromatic carbocycles. The Bertz CT molecular complexity index is 368. The molecule has 0 aromatic heterocycles. The van der Waals surface area contributed by atoms with Crippen molar-refractivity contribution in [2.24, 2.45) is 5.92 Å². The molecule has 5 heteroatoms. The Labute approximate surface area is 140 Å². The van der Waals surface area contributed by atoms with E-state index >= 15 is 0 Å². The normalized spacial score (nSPS) is 13.0. The summed E-state index contributed by atoms with van der Waals surface area (Å²) in [6, 6.07) is 0. The quantitative estimate of drug-likeness (QED) is 0.331. The average Bonchev–Trinajstić information content (AvgIpc) is 2.50. The third-order valence-corrected chi connectivity index (χ3v) is 3.72. The Kier molecular flexibility index (Phi) is 12.1. The van der Waals surface area contributed by atoms with E-state index in [1.165, 1.54) is 25.7 Å². The van der Waals surface area contributed by atoms with Gasteiger partial charge >= 0.3 is 12.1 Å². The van der Waals surface area contributed by atoms with Gasteiger partial charge in [-0.2, -0.15) is 0 Å². The van der Waals surface area contributed by atoms with Crippen molar-refractivity contribution >= 4 is 12.1 Å². The maximum absolute atomic E-state index is 11.7. The molecule has 0 aliphatic rings. The van der Waals surface area contributed by atoms with E-state index in [0.717, 1.165) is 12.8 Å². The monoisotopic (exact) mass is 327 g/mol. The van der Waals surface area contributed by atoms with Crippen molar-refractivity contribution in [1.29, 1.82) is 0 Å². The lowest BCUT2D eigenvalue weighted by Gasteiger charge is -2.20. The first kappa shape index (κ1) is 21.5. The van der Waals surface area contributed by atoms with Crippen LogP contribution in [0.5, 0.6) is 0 Å². The van der Waals surface area contributed by atoms with Gasteiger partial charge in [-0.05, 0) is 26.2 Å². The minimum Gasteiger partial charge on any atom is -0.460 e. The van der Waals surface area contributed by atoms with Gasteiger partial charge in [-0.3, -0.25) is 0 Å². The number of alkyl carbamates (subject to hydrolysis) is 1. The first-order chi connectivity index (χ1) is 10.9. The lowest BCUT2D eigenvalue weighted by molar-refractivity contribution is -0.138. The third-order valence-electron chi connectivity index (χ3n) is 3.72. The molecule has 0 rings (SSSR count). The summed E-state index contributed by atoms with van der Waals surface area (Å²) in [5, 5.41) is 2.58. The summed E-state index contributed by atoms with van der Waals surface area (Å²) in [4.78, 5) is 22.8. The second-order valence-corrected chi connectivity index (χ2v) is 6.06. The van der Waals surface area contributed by atoms with E-state index in [9.17, 15) is 9.59 Å². The smallest absolute Gasteiger partial charge is 0.407 e. The molecule has 0 heterocycles. The van der Waals surface area contributed by atoms with E-state index < -0.39 is 12.1 Å². The Hall–Kier alpha value is -1.52. The van der Waals surface area contributed by atoms with Crippen LogP contribution in [0.2, 0.25) is 0 Å². The number of esters is 1. The number of nitrogens with one attached hydrogen (secondary N) is 1. The number of ether oxygens (including phenoxy) is 2. The molecule has 0 aliphatic carbocycles. The highest BCUT2D eigenvalue weighted by Crippen LogP contribution is 2.20. The van der Waals surface area contributed by atoms with Crippen LogP contribution in [0.4, 0.5) is 4.79 Å². The number of rotatable bonds is 12. The molecule has 0 saturated carbocycles. The van der Waals surface area contributed by atoms with Crippen molar-refractivity contribution in [3.63, 3.8) is 0 Å². The lowest BCUT2D eigenvalue weighted by Crippen LogP contribution is -2.31. The molecule has 0 aliphatic heterocycles. The Morgan fingerprint density at radius 3 is 2.48 bits per heavy atom. The molecule has 0 aromatic rings. The zero-order valence-corrected chi connectivity index (χ0v) is 15.2. The number of carbonyl (C=O) groups is 2. The van der Waals surface area contributed by atoms with Gasteiger partial charge in [0.05, 0.1) is 6.54 Å². The number of carbonyl (C=O) groups excluding carboxylic acids is 2. The highest BCUT2D eigenvalue weighted by molar-refractivity contribution is 5.86. The molecule has 134 valence electrons. The van der Waals surface area contributed by atoms with E-state index in [1.807, 2.05) is 6.92 Å². The van der Waals surface area contributed by atoms with E-state index in [4.69, 9.17) is 9.47 Å². The predicted molar refractivity (Wildman–Crippen MR) is 92.3 cm³/mol. The van der Waals surface area contributed by atoms with Gasteiger partial charge < -0.3 is 14.8 Å². The summed E-state index contributed by atoms with van der Waals surface area (Å²) in [6.07, 6.45) is 6.33. The van der Waals surface area contributed by atoms with Gasteiger partial charge in [0.15, 0.2) is 0 Å². The van der Waals surface area contributed by atoms with Gasteiger partial charge in [-0.15, -0.1) is 0 Å². The minimum absolute atomic E-state index is 0.112. The molecule has 2 unspecified atom stereocenters. The third kappa shape index (κ3) is 11.7. The van der Waals surface area contributed by atoms with Gasteiger partial charge in [0.2, 0.25) is 0 Å². The fourth-order valence-corrected chi connectivity index (χ4v) is 2.33. The van der Waals surface area contributed by atoms with Crippen molar-refractivity contribution in [2.75, 3.05) is 13.2 Å². The standard InChI is InChI=1S/C18H33NO4/c1-6-8-9-10-16(7-2)13-15(5)23-18(21)19-11-12-22-17(20)14(3)4/h15-16H,3,6-13H2,1-2,4-5H3,(H,19,21). The molecule has 0 fully saturated rings. The highest BCUT2D eigenvalue weighted by atomic mass is 16.6. The number of amides is 1. The Morgan fingerprint density at radius 2 is 1.91 bits per heavy atom. The van der Waals surface area contributed by atoms with Gasteiger partial charge in [0.25, 0.3) is 0 Å². The van der Waals surface area contributed by atoms with Crippen molar-refractivity contribution in [3.05, 3.63) is 12.2 Å². The summed E-state index contributed by atoms with van der Waals surface area (Å²) < 4.78 is 10.2. The molecule has 1 N–H and O–H groups in total. The molecule has 0 radical (unpaired) electrons. The van der Waals surface area contributed by atoms with Crippen LogP contribution >= 0.6 is 0 Å². The molecular weight excluding hydrogens is 294 g/mol. The van der Waals surface area contributed by atoms with Crippen LogP contribution in [-0.4, -0.2) is 31.3 Å². The molecule has 5 nitrogen and oxygen atoms in total. The van der Waals surface area contributed by atoms with E-state index in [1.54, 1.807) is 6.92 Å². The maximum atomic E-state index is 11.7. The molecular formula is C18H33NO4. The van der Waals surface area contributed by atoms with Crippen molar-refractivity contribution in [3.8, 4) is 0 Å². The fraction of sp³-hybridized carbons (Fsp3) is 0.778. The molecule has 2 atom stereocenters. The average molecular weight is 327 g/mol. The van der Waals surface area contributed by atoms with Crippen LogP contribution in [0.15, 0.2) is 12.2 Å². The topological polar surface area (TPSA) is 64.6 Å². The molecule has 23 heavy (non-hydrogen) atoms. The number of hydrogen-bond acceptors (Lipinski definition) is 4. The second kappa shape index (κ2) is 13.0. The van der Waals surface area contributed by atoms with Crippen LogP contribution in [0, 0.1) is 5.92 Å². The van der Waals surface area contributed by atoms with Gasteiger partial charge in [-0.1, -0.05) is 52.5 Å². The minimum atomic E-state index is -0.465. The molecule has 1 amide bonds. The Balaban J connectivity index is 3.86. The van der Waals surface area contributed by atoms with Crippen LogP contribution < -0.4 is 5.32 Å². The fourth-order valence-electron chi connectivity index (χ4n) is 2.33. The van der Waals surface area contributed by atoms with Gasteiger partial charge in [0.1, 0.15) is 12.7 Å². The zero-order chi connectivity index (χ0) is 17.7.